The van der Waals surface area contributed by atoms with Crippen LogP contribution in [0.2, 0.25) is 0 Å². The van der Waals surface area contributed by atoms with Crippen LogP contribution >= 0.6 is 0 Å². The van der Waals surface area contributed by atoms with Crippen LogP contribution in [0.15, 0.2) is 48.5 Å². The third-order valence-electron chi connectivity index (χ3n) is 2.79. The van der Waals surface area contributed by atoms with Gasteiger partial charge in [-0.05, 0) is 31.2 Å². The minimum absolute atomic E-state index is 0.0584. The summed E-state index contributed by atoms with van der Waals surface area (Å²) in [5.74, 6) is -0.918. The molecule has 0 atom stereocenters. The summed E-state index contributed by atoms with van der Waals surface area (Å²) in [6.45, 7) is 1.60. The molecule has 0 heterocycles. The van der Waals surface area contributed by atoms with E-state index in [9.17, 15) is 9.59 Å². The van der Waals surface area contributed by atoms with Crippen LogP contribution in [-0.4, -0.2) is 23.6 Å². The maximum absolute atomic E-state index is 11.8. The van der Waals surface area contributed by atoms with Gasteiger partial charge >= 0.3 is 5.97 Å². The second kappa shape index (κ2) is 6.56. The molecule has 0 spiro atoms. The summed E-state index contributed by atoms with van der Waals surface area (Å²) in [6, 6.07) is 13.7. The molecule has 0 radical (unpaired) electrons. The number of carbonyl (C=O) groups excluding carboxylic acids is 1. The van der Waals surface area contributed by atoms with Crippen molar-refractivity contribution in [2.45, 2.75) is 6.92 Å². The zero-order valence-corrected chi connectivity index (χ0v) is 11.5. The summed E-state index contributed by atoms with van der Waals surface area (Å²) < 4.78 is 5.30. The molecule has 0 saturated carbocycles. The van der Waals surface area contributed by atoms with E-state index in [1.54, 1.807) is 43.3 Å². The number of rotatable bonds is 5. The molecule has 5 nitrogen and oxygen atoms in total. The van der Waals surface area contributed by atoms with Crippen molar-refractivity contribution in [3.63, 3.8) is 0 Å². The van der Waals surface area contributed by atoms with E-state index in [-0.39, 0.29) is 17.9 Å². The Labute approximate surface area is 122 Å². The van der Waals surface area contributed by atoms with Gasteiger partial charge in [0.2, 0.25) is 0 Å². The van der Waals surface area contributed by atoms with E-state index in [4.69, 9.17) is 9.84 Å². The van der Waals surface area contributed by atoms with E-state index in [0.717, 1.165) is 5.56 Å². The first kappa shape index (κ1) is 14.6. The van der Waals surface area contributed by atoms with Crippen molar-refractivity contribution in [1.82, 2.24) is 0 Å². The van der Waals surface area contributed by atoms with Gasteiger partial charge in [-0.3, -0.25) is 4.79 Å². The minimum atomic E-state index is -1.09. The Bertz CT molecular complexity index is 653. The molecule has 2 aromatic rings. The molecule has 2 N–H and O–H groups in total. The number of hydrogen-bond donors (Lipinski definition) is 2. The molecule has 2 aromatic carbocycles. The van der Waals surface area contributed by atoms with Crippen LogP contribution in [0.3, 0.4) is 0 Å². The fourth-order valence-corrected chi connectivity index (χ4v) is 1.80. The second-order valence-electron chi connectivity index (χ2n) is 4.50. The molecule has 0 aliphatic carbocycles. The zero-order valence-electron chi connectivity index (χ0n) is 11.5. The molecule has 21 heavy (non-hydrogen) atoms. The number of anilines is 1. The van der Waals surface area contributed by atoms with Crippen molar-refractivity contribution in [3.05, 3.63) is 59.7 Å². The Morgan fingerprint density at radius 2 is 1.86 bits per heavy atom. The molecule has 108 valence electrons. The molecule has 0 fully saturated rings. The van der Waals surface area contributed by atoms with Crippen molar-refractivity contribution in [1.29, 1.82) is 0 Å². The van der Waals surface area contributed by atoms with E-state index in [1.807, 2.05) is 6.07 Å². The number of carbonyl (C=O) groups is 2. The van der Waals surface area contributed by atoms with E-state index < -0.39 is 11.9 Å². The van der Waals surface area contributed by atoms with Crippen molar-refractivity contribution < 1.29 is 19.4 Å². The number of para-hydroxylation sites is 1. The summed E-state index contributed by atoms with van der Waals surface area (Å²) in [7, 11) is 0. The molecule has 0 aromatic heterocycles. The lowest BCUT2D eigenvalue weighted by molar-refractivity contribution is -0.118. The fourth-order valence-electron chi connectivity index (χ4n) is 1.80. The normalized spacial score (nSPS) is 9.95. The lowest BCUT2D eigenvalue weighted by Gasteiger charge is -2.10. The quantitative estimate of drug-likeness (QED) is 0.885. The average molecular weight is 285 g/mol. The lowest BCUT2D eigenvalue weighted by Crippen LogP contribution is -2.21. The summed E-state index contributed by atoms with van der Waals surface area (Å²) in [5.41, 5.74) is 1.13. The minimum Gasteiger partial charge on any atom is -0.484 e. The van der Waals surface area contributed by atoms with Crippen LogP contribution in [0.1, 0.15) is 15.9 Å². The van der Waals surface area contributed by atoms with E-state index in [1.165, 1.54) is 6.07 Å². The van der Waals surface area contributed by atoms with Crippen LogP contribution in [0.4, 0.5) is 5.69 Å². The smallest absolute Gasteiger partial charge is 0.337 e. The Hall–Kier alpha value is -2.82. The number of carboxylic acid groups (broad SMARTS) is 1. The lowest BCUT2D eigenvalue weighted by atomic mass is 10.1. The van der Waals surface area contributed by atoms with Crippen LogP contribution in [0.5, 0.6) is 5.75 Å². The van der Waals surface area contributed by atoms with Gasteiger partial charge in [0.05, 0.1) is 11.3 Å². The number of carboxylic acids is 1. The van der Waals surface area contributed by atoms with Crippen LogP contribution in [0.25, 0.3) is 0 Å². The summed E-state index contributed by atoms with van der Waals surface area (Å²) in [5, 5.41) is 11.7. The Balaban J connectivity index is 2.01. The highest BCUT2D eigenvalue weighted by Crippen LogP contribution is 2.17. The molecule has 0 aliphatic heterocycles. The molecule has 0 aliphatic rings. The Morgan fingerprint density at radius 3 is 2.52 bits per heavy atom. The van der Waals surface area contributed by atoms with Gasteiger partial charge in [-0.2, -0.15) is 0 Å². The van der Waals surface area contributed by atoms with Gasteiger partial charge in [-0.25, -0.2) is 4.79 Å². The molecule has 0 unspecified atom stereocenters. The number of aromatic carboxylic acids is 1. The molecule has 0 saturated heterocycles. The van der Waals surface area contributed by atoms with Gasteiger partial charge in [-0.15, -0.1) is 0 Å². The van der Waals surface area contributed by atoms with Gasteiger partial charge in [0, 0.05) is 0 Å². The average Bonchev–Trinajstić information content (AvgIpc) is 2.48. The summed E-state index contributed by atoms with van der Waals surface area (Å²) in [4.78, 5) is 23.0. The standard InChI is InChI=1S/C16H15NO4/c1-11-7-8-14(13(9-11)16(19)20)17-15(18)10-21-12-5-3-2-4-6-12/h2-9H,10H2,1H3,(H,17,18)(H,19,20). The second-order valence-corrected chi connectivity index (χ2v) is 4.50. The van der Waals surface area contributed by atoms with Gasteiger partial charge in [0.1, 0.15) is 5.75 Å². The van der Waals surface area contributed by atoms with Crippen molar-refractivity contribution >= 4 is 17.6 Å². The SMILES string of the molecule is Cc1ccc(NC(=O)COc2ccccc2)c(C(=O)O)c1. The van der Waals surface area contributed by atoms with E-state index in [0.29, 0.717) is 5.75 Å². The Kier molecular flexibility index (Phi) is 4.56. The van der Waals surface area contributed by atoms with E-state index in [2.05, 4.69) is 5.32 Å². The molecular formula is C16H15NO4. The Morgan fingerprint density at radius 1 is 1.14 bits per heavy atom. The summed E-state index contributed by atoms with van der Waals surface area (Å²) in [6.07, 6.45) is 0. The predicted octanol–water partition coefficient (Wildman–Crippen LogP) is 2.71. The number of aryl methyl sites for hydroxylation is 1. The molecule has 2 rings (SSSR count). The number of hydrogen-bond acceptors (Lipinski definition) is 3. The largest absolute Gasteiger partial charge is 0.484 e. The molecular weight excluding hydrogens is 270 g/mol. The summed E-state index contributed by atoms with van der Waals surface area (Å²) >= 11 is 0. The first-order valence-electron chi connectivity index (χ1n) is 6.38. The number of ether oxygens (including phenoxy) is 1. The maximum Gasteiger partial charge on any atom is 0.337 e. The topological polar surface area (TPSA) is 75.6 Å². The first-order valence-corrected chi connectivity index (χ1v) is 6.38. The van der Waals surface area contributed by atoms with Crippen molar-refractivity contribution in [3.8, 4) is 5.75 Å². The van der Waals surface area contributed by atoms with Crippen LogP contribution in [-0.2, 0) is 4.79 Å². The molecule has 1 amide bonds. The van der Waals surface area contributed by atoms with Gasteiger partial charge in [-0.1, -0.05) is 29.8 Å². The number of amides is 1. The highest BCUT2D eigenvalue weighted by atomic mass is 16.5. The third-order valence-corrected chi connectivity index (χ3v) is 2.79. The highest BCUT2D eigenvalue weighted by Gasteiger charge is 2.13. The highest BCUT2D eigenvalue weighted by molar-refractivity contribution is 6.01. The first-order chi connectivity index (χ1) is 10.1. The third kappa shape index (κ3) is 4.07. The zero-order chi connectivity index (χ0) is 15.2. The van der Waals surface area contributed by atoms with Gasteiger partial charge < -0.3 is 15.2 Å². The fraction of sp³-hybridized carbons (Fsp3) is 0.125. The van der Waals surface area contributed by atoms with Crippen molar-refractivity contribution in [2.75, 3.05) is 11.9 Å². The van der Waals surface area contributed by atoms with Gasteiger partial charge in [0.25, 0.3) is 5.91 Å². The number of benzene rings is 2. The van der Waals surface area contributed by atoms with Crippen LogP contribution in [0, 0.1) is 6.92 Å². The van der Waals surface area contributed by atoms with Gasteiger partial charge in [0.15, 0.2) is 6.61 Å². The molecule has 0 bridgehead atoms. The van der Waals surface area contributed by atoms with Crippen LogP contribution < -0.4 is 10.1 Å². The maximum atomic E-state index is 11.8. The molecule has 5 heteroatoms. The predicted molar refractivity (Wildman–Crippen MR) is 78.7 cm³/mol. The monoisotopic (exact) mass is 285 g/mol. The van der Waals surface area contributed by atoms with E-state index >= 15 is 0 Å². The van der Waals surface area contributed by atoms with Crippen molar-refractivity contribution in [2.24, 2.45) is 0 Å². The number of nitrogens with one attached hydrogen (secondary N) is 1.